The number of anilines is 1. The molecule has 3 aliphatic carbocycles. The predicted molar refractivity (Wildman–Crippen MR) is 181 cm³/mol. The van der Waals surface area contributed by atoms with Gasteiger partial charge in [0.15, 0.2) is 0 Å². The van der Waals surface area contributed by atoms with E-state index in [-0.39, 0.29) is 29.2 Å². The van der Waals surface area contributed by atoms with Crippen LogP contribution in [0.2, 0.25) is 0 Å². The highest BCUT2D eigenvalue weighted by Gasteiger charge is 2.55. The smallest absolute Gasteiger partial charge is 0.261 e. The number of rotatable bonds is 10. The first-order chi connectivity index (χ1) is 21.4. The molecule has 2 N–H and O–H groups in total. The third-order valence-electron chi connectivity index (χ3n) is 9.81. The van der Waals surface area contributed by atoms with Crippen LogP contribution in [-0.2, 0) is 27.9 Å². The van der Waals surface area contributed by atoms with E-state index in [1.54, 1.807) is 0 Å². The van der Waals surface area contributed by atoms with Crippen molar-refractivity contribution in [2.45, 2.75) is 90.5 Å². The fourth-order valence-electron chi connectivity index (χ4n) is 7.00. The van der Waals surface area contributed by atoms with Crippen molar-refractivity contribution in [3.05, 3.63) is 100 Å². The van der Waals surface area contributed by atoms with Crippen LogP contribution < -0.4 is 4.72 Å². The van der Waals surface area contributed by atoms with Gasteiger partial charge in [-0.1, -0.05) is 81.5 Å². The van der Waals surface area contributed by atoms with Crippen LogP contribution in [0, 0.1) is 19.3 Å². The Morgan fingerprint density at radius 3 is 2.36 bits per heavy atom. The van der Waals surface area contributed by atoms with Gasteiger partial charge in [0.25, 0.3) is 17.2 Å². The Morgan fingerprint density at radius 1 is 1.09 bits per heavy atom. The number of nitrogens with zero attached hydrogens (tertiary/aromatic N) is 3. The molecule has 1 spiro atoms. The zero-order chi connectivity index (χ0) is 31.9. The lowest BCUT2D eigenvalue weighted by Crippen LogP contribution is -2.50. The van der Waals surface area contributed by atoms with Crippen LogP contribution >= 0.6 is 0 Å². The molecule has 3 aliphatic rings. The van der Waals surface area contributed by atoms with Crippen LogP contribution in [-0.4, -0.2) is 42.1 Å². The number of amides is 1. The van der Waals surface area contributed by atoms with Crippen molar-refractivity contribution in [1.29, 1.82) is 0 Å². The summed E-state index contributed by atoms with van der Waals surface area (Å²) in [5.41, 5.74) is 8.19. The minimum Gasteiger partial charge on any atom is -0.335 e. The average Bonchev–Trinajstić information content (AvgIpc) is 3.57. The lowest BCUT2D eigenvalue weighted by atomic mass is 9.75. The number of nitrogens with one attached hydrogen (secondary N) is 1. The average molecular weight is 625 g/mol. The summed E-state index contributed by atoms with van der Waals surface area (Å²) in [6.07, 6.45) is 12.1. The van der Waals surface area contributed by atoms with Crippen molar-refractivity contribution in [3.63, 3.8) is 0 Å². The van der Waals surface area contributed by atoms with Gasteiger partial charge >= 0.3 is 0 Å². The fourth-order valence-corrected chi connectivity index (χ4v) is 7.24. The van der Waals surface area contributed by atoms with Crippen LogP contribution in [0.3, 0.4) is 0 Å². The Kier molecular flexibility index (Phi) is 8.57. The Balaban J connectivity index is 1.43. The Bertz CT molecular complexity index is 1660. The fraction of sp³-hybridized carbons (Fsp3) is 0.432. The number of hydrogen-bond donors (Lipinski definition) is 2. The van der Waals surface area contributed by atoms with Gasteiger partial charge in [0.1, 0.15) is 0 Å². The molecule has 0 saturated heterocycles. The minimum atomic E-state index is -2.34. The molecule has 1 heterocycles. The Hall–Kier alpha value is -3.62. The van der Waals surface area contributed by atoms with Crippen LogP contribution in [0.25, 0.3) is 11.3 Å². The van der Waals surface area contributed by atoms with Crippen molar-refractivity contribution >= 4 is 23.1 Å². The molecular weight excluding hydrogens is 580 g/mol. The molecule has 1 aromatic heterocycles. The third kappa shape index (κ3) is 6.97. The maximum Gasteiger partial charge on any atom is 0.261 e. The van der Waals surface area contributed by atoms with Crippen LogP contribution in [0.15, 0.2) is 72.3 Å². The molecular formula is C37H44N4O3S. The second-order valence-corrected chi connectivity index (χ2v) is 15.0. The first-order valence-corrected chi connectivity index (χ1v) is 17.1. The van der Waals surface area contributed by atoms with E-state index in [9.17, 15) is 13.6 Å². The molecule has 6 rings (SSSR count). The summed E-state index contributed by atoms with van der Waals surface area (Å²) in [5, 5.41) is 0. The number of allylic oxidation sites excluding steroid dienone is 2. The first kappa shape index (κ1) is 31.4. The Morgan fingerprint density at radius 2 is 1.78 bits per heavy atom. The van der Waals surface area contributed by atoms with Gasteiger partial charge in [0, 0.05) is 29.6 Å². The normalized spacial score (nSPS) is 18.3. The number of benzene rings is 2. The molecule has 2 aromatic carbocycles. The molecule has 2 fully saturated rings. The molecule has 2 atom stereocenters. The van der Waals surface area contributed by atoms with Crippen molar-refractivity contribution in [3.8, 4) is 11.3 Å². The second kappa shape index (κ2) is 12.3. The molecule has 0 bridgehead atoms. The molecule has 45 heavy (non-hydrogen) atoms. The van der Waals surface area contributed by atoms with Gasteiger partial charge in [-0.15, -0.1) is 0 Å². The molecule has 0 aliphatic heterocycles. The monoisotopic (exact) mass is 624 g/mol. The Labute approximate surface area is 269 Å². The quantitative estimate of drug-likeness (QED) is 0.227. The molecule has 0 radical (unpaired) electrons. The summed E-state index contributed by atoms with van der Waals surface area (Å²) in [6, 6.07) is 17.1. The molecule has 2 unspecified atom stereocenters. The molecule has 236 valence electrons. The summed E-state index contributed by atoms with van der Waals surface area (Å²) >= 11 is -2.34. The van der Waals surface area contributed by atoms with Crippen LogP contribution in [0.5, 0.6) is 0 Å². The first-order valence-electron chi connectivity index (χ1n) is 16.0. The van der Waals surface area contributed by atoms with E-state index in [0.717, 1.165) is 52.8 Å². The van der Waals surface area contributed by atoms with E-state index in [1.165, 1.54) is 18.4 Å². The van der Waals surface area contributed by atoms with Crippen molar-refractivity contribution in [2.75, 3.05) is 11.3 Å². The maximum absolute atomic E-state index is 14.1. The van der Waals surface area contributed by atoms with E-state index >= 15 is 0 Å². The molecule has 2 saturated carbocycles. The van der Waals surface area contributed by atoms with Gasteiger partial charge in [-0.05, 0) is 91.5 Å². The lowest BCUT2D eigenvalue weighted by molar-refractivity contribution is -0.132. The number of carbonyl (C=O) groups excluding carboxylic acids is 1. The predicted octanol–water partition coefficient (Wildman–Crippen LogP) is 7.59. The standard InChI is InChI=1S/C37H44N4O3S/c1-24-9-8-10-25(2)33(24)32-20-31(38-35(39-32)40-45(43)44)28(19-26-13-15-29(16-14-26)36(3,4)5)23-41(30-21-37(22-30)17-18-37)34(42)27-11-6-7-12-27/h6,8-16,20,28,30H,7,17-19,21-23H2,1-5H3,(H,43,44)(H,38,39,40). The highest BCUT2D eigenvalue weighted by Crippen LogP contribution is 2.62. The molecule has 1 amide bonds. The minimum absolute atomic E-state index is 0.0418. The molecule has 7 nitrogen and oxygen atoms in total. The summed E-state index contributed by atoms with van der Waals surface area (Å²) in [4.78, 5) is 25.7. The van der Waals surface area contributed by atoms with Gasteiger partial charge < -0.3 is 4.90 Å². The zero-order valence-electron chi connectivity index (χ0n) is 27.0. The SMILES string of the molecule is Cc1cccc(C)c1-c1cc(C(Cc2ccc(C(C)(C)C)cc2)CN(C(=O)C2=CCC=C2)C2CC3(CC3)C2)nc(NS(=O)O)n1. The third-order valence-corrected chi connectivity index (χ3v) is 10.2. The van der Waals surface area contributed by atoms with E-state index in [1.807, 2.05) is 56.3 Å². The van der Waals surface area contributed by atoms with Crippen molar-refractivity contribution in [1.82, 2.24) is 14.9 Å². The van der Waals surface area contributed by atoms with E-state index in [0.29, 0.717) is 24.1 Å². The number of carbonyl (C=O) groups is 1. The summed E-state index contributed by atoms with van der Waals surface area (Å²) in [7, 11) is 0. The van der Waals surface area contributed by atoms with E-state index < -0.39 is 11.3 Å². The van der Waals surface area contributed by atoms with E-state index in [2.05, 4.69) is 59.6 Å². The highest BCUT2D eigenvalue weighted by molar-refractivity contribution is 7.80. The molecule has 8 heteroatoms. The van der Waals surface area contributed by atoms with Crippen molar-refractivity contribution in [2.24, 2.45) is 5.41 Å². The highest BCUT2D eigenvalue weighted by atomic mass is 32.2. The largest absolute Gasteiger partial charge is 0.335 e. The van der Waals surface area contributed by atoms with Gasteiger partial charge in [-0.2, -0.15) is 0 Å². The van der Waals surface area contributed by atoms with Crippen LogP contribution in [0.4, 0.5) is 5.95 Å². The van der Waals surface area contributed by atoms with E-state index in [4.69, 9.17) is 4.98 Å². The lowest BCUT2D eigenvalue weighted by Gasteiger charge is -2.45. The van der Waals surface area contributed by atoms with Gasteiger partial charge in [-0.25, -0.2) is 14.2 Å². The maximum atomic E-state index is 14.1. The number of hydrogen-bond acceptors (Lipinski definition) is 4. The number of aromatic nitrogens is 2. The molecule has 3 aromatic rings. The summed E-state index contributed by atoms with van der Waals surface area (Å²) in [5.74, 6) is 0.00468. The summed E-state index contributed by atoms with van der Waals surface area (Å²) < 4.78 is 24.2. The number of aryl methyl sites for hydroxylation is 2. The van der Waals surface area contributed by atoms with Gasteiger partial charge in [0.2, 0.25) is 5.95 Å². The van der Waals surface area contributed by atoms with Gasteiger partial charge in [0.05, 0.1) is 11.4 Å². The van der Waals surface area contributed by atoms with Gasteiger partial charge in [-0.3, -0.25) is 14.1 Å². The van der Waals surface area contributed by atoms with Crippen molar-refractivity contribution < 1.29 is 13.6 Å². The van der Waals surface area contributed by atoms with Crippen LogP contribution in [0.1, 0.15) is 86.7 Å². The topological polar surface area (TPSA) is 95.4 Å². The summed E-state index contributed by atoms with van der Waals surface area (Å²) in [6.45, 7) is 11.2. The second-order valence-electron chi connectivity index (χ2n) is 14.3. The zero-order valence-corrected chi connectivity index (χ0v) is 27.8.